The van der Waals surface area contributed by atoms with Gasteiger partial charge in [0.1, 0.15) is 22.6 Å². The van der Waals surface area contributed by atoms with E-state index in [0.29, 0.717) is 12.8 Å². The number of alkyl halides is 3. The predicted molar refractivity (Wildman–Crippen MR) is 94.5 cm³/mol. The van der Waals surface area contributed by atoms with E-state index in [2.05, 4.69) is 15.0 Å². The quantitative estimate of drug-likeness (QED) is 0.723. The molecule has 11 heteroatoms. The first-order chi connectivity index (χ1) is 13.1. The molecule has 1 saturated carbocycles. The zero-order chi connectivity index (χ0) is 19.8. The van der Waals surface area contributed by atoms with Crippen molar-refractivity contribution >= 4 is 27.2 Å². The van der Waals surface area contributed by atoms with Crippen molar-refractivity contribution in [3.8, 4) is 0 Å². The second-order valence-corrected chi connectivity index (χ2v) is 9.41. The number of benzene rings is 1. The number of nitrogens with zero attached hydrogens (tertiary/aromatic N) is 2. The van der Waals surface area contributed by atoms with Crippen molar-refractivity contribution in [2.75, 3.05) is 16.8 Å². The van der Waals surface area contributed by atoms with Crippen LogP contribution >= 0.6 is 0 Å². The summed E-state index contributed by atoms with van der Waals surface area (Å²) in [6.07, 6.45) is -2.07. The van der Waals surface area contributed by atoms with Gasteiger partial charge in [-0.05, 0) is 37.8 Å². The molecule has 2 N–H and O–H groups in total. The summed E-state index contributed by atoms with van der Waals surface area (Å²) in [4.78, 5) is 0.692. The Morgan fingerprint density at radius 3 is 2.57 bits per heavy atom. The maximum atomic E-state index is 14.3. The number of fused-ring (bicyclic) bond motifs is 3. The van der Waals surface area contributed by atoms with Crippen molar-refractivity contribution in [3.63, 3.8) is 0 Å². The minimum atomic E-state index is -4.55. The Morgan fingerprint density at radius 1 is 1.14 bits per heavy atom. The molecule has 3 fully saturated rings. The second kappa shape index (κ2) is 5.82. The Balaban J connectivity index is 1.66. The van der Waals surface area contributed by atoms with Gasteiger partial charge in [-0.15, -0.1) is 4.40 Å². The van der Waals surface area contributed by atoms with E-state index in [1.54, 1.807) is 0 Å². The highest BCUT2D eigenvalue weighted by Crippen LogP contribution is 2.45. The first kappa shape index (κ1) is 18.2. The number of anilines is 2. The Morgan fingerprint density at radius 2 is 1.89 bits per heavy atom. The number of rotatable bonds is 2. The lowest BCUT2D eigenvalue weighted by molar-refractivity contribution is -0.156. The molecule has 3 heterocycles. The van der Waals surface area contributed by atoms with E-state index < -0.39 is 39.0 Å². The van der Waals surface area contributed by atoms with Gasteiger partial charge in [0.25, 0.3) is 10.0 Å². The van der Waals surface area contributed by atoms with Crippen LogP contribution in [0.3, 0.4) is 0 Å². The second-order valence-electron chi connectivity index (χ2n) is 7.84. The molecule has 4 aliphatic rings. The van der Waals surface area contributed by atoms with Crippen molar-refractivity contribution in [2.24, 2.45) is 10.3 Å². The molecule has 1 aromatic carbocycles. The molecule has 5 rings (SSSR count). The minimum absolute atomic E-state index is 0.00569. The molecule has 152 valence electrons. The lowest BCUT2D eigenvalue weighted by atomic mass is 10.0. The first-order valence-corrected chi connectivity index (χ1v) is 10.6. The van der Waals surface area contributed by atoms with Crippen LogP contribution in [0.25, 0.3) is 0 Å². The Kier molecular flexibility index (Phi) is 3.77. The van der Waals surface area contributed by atoms with E-state index in [4.69, 9.17) is 0 Å². The molecule has 28 heavy (non-hydrogen) atoms. The van der Waals surface area contributed by atoms with Crippen LogP contribution in [-0.2, 0) is 10.0 Å². The van der Waals surface area contributed by atoms with Gasteiger partial charge in [-0.3, -0.25) is 0 Å². The maximum Gasteiger partial charge on any atom is 0.410 e. The smallest absolute Gasteiger partial charge is 0.355 e. The van der Waals surface area contributed by atoms with Gasteiger partial charge in [-0.25, -0.2) is 4.39 Å². The van der Waals surface area contributed by atoms with Crippen molar-refractivity contribution in [1.29, 1.82) is 0 Å². The van der Waals surface area contributed by atoms with E-state index in [0.717, 1.165) is 29.9 Å². The van der Waals surface area contributed by atoms with Crippen molar-refractivity contribution < 1.29 is 26.0 Å². The number of hydrogen-bond donors (Lipinski definition) is 2. The van der Waals surface area contributed by atoms with Gasteiger partial charge < -0.3 is 15.5 Å². The molecule has 1 aliphatic carbocycles. The van der Waals surface area contributed by atoms with Gasteiger partial charge >= 0.3 is 6.18 Å². The third-order valence-electron chi connectivity index (χ3n) is 5.81. The molecule has 6 nitrogen and oxygen atoms in total. The van der Waals surface area contributed by atoms with E-state index in [1.165, 1.54) is 0 Å². The summed E-state index contributed by atoms with van der Waals surface area (Å²) in [6.45, 7) is 0.0220. The fourth-order valence-electron chi connectivity index (χ4n) is 4.45. The summed E-state index contributed by atoms with van der Waals surface area (Å²) in [7, 11) is -4.18. The number of nitrogens with one attached hydrogen (secondary N) is 2. The lowest BCUT2D eigenvalue weighted by Crippen LogP contribution is -2.63. The third kappa shape index (κ3) is 2.86. The molecule has 1 aromatic rings. The van der Waals surface area contributed by atoms with Gasteiger partial charge in [0.2, 0.25) is 0 Å². The molecular formula is C17H18F4N4O2S. The summed E-state index contributed by atoms with van der Waals surface area (Å²) < 4.78 is 84.8. The van der Waals surface area contributed by atoms with Crippen LogP contribution < -0.4 is 15.5 Å². The summed E-state index contributed by atoms with van der Waals surface area (Å²) >= 11 is 0. The van der Waals surface area contributed by atoms with Crippen LogP contribution in [0.5, 0.6) is 0 Å². The summed E-state index contributed by atoms with van der Waals surface area (Å²) in [5, 5.41) is 5.88. The van der Waals surface area contributed by atoms with Crippen LogP contribution in [0.2, 0.25) is 0 Å². The fourth-order valence-corrected chi connectivity index (χ4v) is 5.68. The average molecular weight is 418 g/mol. The molecule has 2 saturated heterocycles. The van der Waals surface area contributed by atoms with Crippen LogP contribution in [0.15, 0.2) is 21.4 Å². The Bertz CT molecular complexity index is 974. The van der Waals surface area contributed by atoms with Crippen LogP contribution in [0, 0.1) is 11.7 Å². The van der Waals surface area contributed by atoms with Gasteiger partial charge in [-0.1, -0.05) is 0 Å². The number of halogens is 4. The summed E-state index contributed by atoms with van der Waals surface area (Å²) in [6, 6.07) is -1.02. The van der Waals surface area contributed by atoms with Crippen LogP contribution in [0.1, 0.15) is 25.7 Å². The van der Waals surface area contributed by atoms with Crippen molar-refractivity contribution in [3.05, 3.63) is 17.9 Å². The highest BCUT2D eigenvalue weighted by molar-refractivity contribution is 7.90. The highest BCUT2D eigenvalue weighted by Gasteiger charge is 2.54. The zero-order valence-electron chi connectivity index (χ0n) is 14.6. The third-order valence-corrected chi connectivity index (χ3v) is 7.13. The van der Waals surface area contributed by atoms with E-state index in [9.17, 15) is 26.0 Å². The molecule has 2 bridgehead atoms. The topological polar surface area (TPSA) is 73.8 Å². The number of sulfonamides is 1. The molecule has 0 spiro atoms. The Labute approximate surface area is 159 Å². The van der Waals surface area contributed by atoms with Gasteiger partial charge in [-0.2, -0.15) is 21.6 Å². The van der Waals surface area contributed by atoms with E-state index >= 15 is 0 Å². The predicted octanol–water partition coefficient (Wildman–Crippen LogP) is 2.62. The molecule has 3 aliphatic heterocycles. The monoisotopic (exact) mass is 418 g/mol. The van der Waals surface area contributed by atoms with Crippen molar-refractivity contribution in [2.45, 2.75) is 54.9 Å². The molecule has 3 atom stereocenters. The van der Waals surface area contributed by atoms with Crippen molar-refractivity contribution in [1.82, 2.24) is 5.32 Å². The maximum absolute atomic E-state index is 14.3. The molecule has 0 aromatic heterocycles. The molecule has 0 amide bonds. The SMILES string of the molecule is O=S1(=O)N=C(C2CC2)Nc2c(N3C[C@@H]4CC[C@@H](N4)C3C(F)(F)F)cc(F)cc21. The van der Waals surface area contributed by atoms with Gasteiger partial charge in [0.05, 0.1) is 11.4 Å². The molecule has 0 radical (unpaired) electrons. The standard InChI is InChI=1S/C17H18F4N4O2S/c18-9-5-12(25-7-10-3-4-11(22-10)15(25)17(19,20)21)14-13(6-9)28(26,27)24-16(23-14)8-1-2-8/h5-6,8,10-11,15,22H,1-4,7H2,(H,23,24)/t10-,11+,15?/m0/s1. The average Bonchev–Trinajstić information content (AvgIpc) is 3.37. The van der Waals surface area contributed by atoms with Gasteiger partial charge in [0, 0.05) is 24.5 Å². The zero-order valence-corrected chi connectivity index (χ0v) is 15.4. The number of hydrogen-bond acceptors (Lipinski definition) is 5. The van der Waals surface area contributed by atoms with Gasteiger partial charge in [0.15, 0.2) is 0 Å². The highest BCUT2D eigenvalue weighted by atomic mass is 32.2. The summed E-state index contributed by atoms with van der Waals surface area (Å²) in [5.41, 5.74) is -0.0822. The molecular weight excluding hydrogens is 400 g/mol. The minimum Gasteiger partial charge on any atom is -0.355 e. The number of amidine groups is 1. The summed E-state index contributed by atoms with van der Waals surface area (Å²) in [5.74, 6) is -0.739. The largest absolute Gasteiger partial charge is 0.410 e. The Hall–Kier alpha value is -1.88. The number of piperazine rings is 1. The fraction of sp³-hybridized carbons (Fsp3) is 0.588. The first-order valence-electron chi connectivity index (χ1n) is 9.18. The lowest BCUT2D eigenvalue weighted by Gasteiger charge is -2.44. The molecule has 1 unspecified atom stereocenters. The van der Waals surface area contributed by atoms with Crippen LogP contribution in [-0.4, -0.2) is 45.1 Å². The van der Waals surface area contributed by atoms with E-state index in [1.807, 2.05) is 0 Å². The van der Waals surface area contributed by atoms with Crippen LogP contribution in [0.4, 0.5) is 28.9 Å². The normalized spacial score (nSPS) is 31.2. The van der Waals surface area contributed by atoms with E-state index in [-0.39, 0.29) is 35.7 Å².